The van der Waals surface area contributed by atoms with Crippen molar-refractivity contribution in [2.45, 2.75) is 44.8 Å². The normalized spacial score (nSPS) is 21.5. The smallest absolute Gasteiger partial charge is 0.251 e. The molecule has 2 bridgehead atoms. The van der Waals surface area contributed by atoms with Crippen molar-refractivity contribution >= 4 is 23.3 Å². The summed E-state index contributed by atoms with van der Waals surface area (Å²) in [6.45, 7) is 4.17. The van der Waals surface area contributed by atoms with Gasteiger partial charge in [-0.15, -0.1) is 0 Å². The fraction of sp³-hybridized carbons (Fsp3) is 0.433. The summed E-state index contributed by atoms with van der Waals surface area (Å²) in [6, 6.07) is 12.8. The number of rotatable bonds is 9. The first-order valence-corrected chi connectivity index (χ1v) is 13.2. The summed E-state index contributed by atoms with van der Waals surface area (Å²) in [5, 5.41) is 24.1. The largest absolute Gasteiger partial charge is 0.391 e. The molecule has 0 unspecified atom stereocenters. The van der Waals surface area contributed by atoms with Crippen molar-refractivity contribution in [3.8, 4) is 11.8 Å². The molecule has 3 aliphatic rings. The van der Waals surface area contributed by atoms with Gasteiger partial charge in [0.2, 0.25) is 5.91 Å². The van der Waals surface area contributed by atoms with E-state index in [0.29, 0.717) is 23.5 Å². The number of carbonyl (C=O) groups excluding carboxylic acids is 3. The standard InChI is InChI=1S/C30H35N3O5/c1-20(35)29(27(36)19-34)32-30(38)24-8-4-21(5-9-24)2-3-22-6-11-26(12-7-22)31-28(37)13-10-25-18-33-16-14-23(25)15-17-33/h4-9,11-12,20,23,25,29,34-35H,10,13-19H2,1H3,(H,31,37)(H,32,38)/t20-,25+,29+/m1/s1. The third kappa shape index (κ3) is 7.29. The summed E-state index contributed by atoms with van der Waals surface area (Å²) < 4.78 is 0. The number of piperidine rings is 3. The number of nitrogens with one attached hydrogen (secondary N) is 2. The monoisotopic (exact) mass is 517 g/mol. The molecule has 0 radical (unpaired) electrons. The molecule has 200 valence electrons. The molecule has 0 saturated carbocycles. The van der Waals surface area contributed by atoms with Crippen LogP contribution in [0.3, 0.4) is 0 Å². The molecule has 3 fully saturated rings. The van der Waals surface area contributed by atoms with Crippen molar-refractivity contribution in [3.05, 3.63) is 65.2 Å². The zero-order valence-corrected chi connectivity index (χ0v) is 21.7. The van der Waals surface area contributed by atoms with E-state index in [1.54, 1.807) is 24.3 Å². The zero-order valence-electron chi connectivity index (χ0n) is 21.7. The number of aliphatic hydroxyl groups is 2. The molecule has 38 heavy (non-hydrogen) atoms. The van der Waals surface area contributed by atoms with Gasteiger partial charge in [-0.1, -0.05) is 11.8 Å². The van der Waals surface area contributed by atoms with Crippen molar-refractivity contribution in [1.82, 2.24) is 10.2 Å². The van der Waals surface area contributed by atoms with Gasteiger partial charge in [0.15, 0.2) is 5.78 Å². The van der Waals surface area contributed by atoms with Gasteiger partial charge in [0.1, 0.15) is 12.6 Å². The molecule has 8 heteroatoms. The van der Waals surface area contributed by atoms with Gasteiger partial charge in [-0.2, -0.15) is 0 Å². The number of hydrogen-bond donors (Lipinski definition) is 4. The summed E-state index contributed by atoms with van der Waals surface area (Å²) in [5.74, 6) is 6.39. The van der Waals surface area contributed by atoms with Gasteiger partial charge in [0.25, 0.3) is 5.91 Å². The van der Waals surface area contributed by atoms with E-state index in [1.807, 2.05) is 24.3 Å². The molecule has 0 aromatic heterocycles. The number of Topliss-reactive ketones (excluding diaryl/α,β-unsaturated/α-hetero) is 1. The van der Waals surface area contributed by atoms with E-state index >= 15 is 0 Å². The number of ketones is 1. The van der Waals surface area contributed by atoms with Gasteiger partial charge in [-0.05, 0) is 99.6 Å². The molecule has 5 rings (SSSR count). The highest BCUT2D eigenvalue weighted by molar-refractivity contribution is 5.98. The van der Waals surface area contributed by atoms with Gasteiger partial charge >= 0.3 is 0 Å². The summed E-state index contributed by atoms with van der Waals surface area (Å²) in [6.07, 6.45) is 2.90. The van der Waals surface area contributed by atoms with E-state index in [4.69, 9.17) is 5.11 Å². The Labute approximate surface area is 223 Å². The van der Waals surface area contributed by atoms with E-state index < -0.39 is 30.4 Å². The zero-order chi connectivity index (χ0) is 27.1. The second-order valence-electron chi connectivity index (χ2n) is 10.2. The van der Waals surface area contributed by atoms with Crippen LogP contribution < -0.4 is 10.6 Å². The Hall–Kier alpha value is -3.51. The van der Waals surface area contributed by atoms with Crippen LogP contribution in [0.15, 0.2) is 48.5 Å². The highest BCUT2D eigenvalue weighted by Gasteiger charge is 2.33. The predicted octanol–water partition coefficient (Wildman–Crippen LogP) is 2.19. The maximum absolute atomic E-state index is 12.5. The molecule has 2 aromatic carbocycles. The Bertz CT molecular complexity index is 1190. The van der Waals surface area contributed by atoms with E-state index in [-0.39, 0.29) is 5.91 Å². The minimum absolute atomic E-state index is 0.0462. The number of amides is 2. The third-order valence-corrected chi connectivity index (χ3v) is 7.47. The maximum Gasteiger partial charge on any atom is 0.251 e. The Morgan fingerprint density at radius 1 is 1.00 bits per heavy atom. The summed E-state index contributed by atoms with van der Waals surface area (Å²) in [5.41, 5.74) is 2.55. The molecule has 3 aliphatic heterocycles. The number of carbonyl (C=O) groups is 3. The average Bonchev–Trinajstić information content (AvgIpc) is 2.94. The van der Waals surface area contributed by atoms with Gasteiger partial charge in [-0.25, -0.2) is 0 Å². The molecule has 0 spiro atoms. The third-order valence-electron chi connectivity index (χ3n) is 7.47. The summed E-state index contributed by atoms with van der Waals surface area (Å²) in [7, 11) is 0. The van der Waals surface area contributed by atoms with Crippen LogP contribution in [0, 0.1) is 23.7 Å². The first-order valence-electron chi connectivity index (χ1n) is 13.2. The van der Waals surface area contributed by atoms with Gasteiger partial charge in [0.05, 0.1) is 6.10 Å². The van der Waals surface area contributed by atoms with Crippen molar-refractivity contribution in [2.75, 3.05) is 31.6 Å². The Morgan fingerprint density at radius 3 is 2.13 bits per heavy atom. The molecular formula is C30H35N3O5. The minimum Gasteiger partial charge on any atom is -0.391 e. The van der Waals surface area contributed by atoms with Crippen LogP contribution in [-0.2, 0) is 9.59 Å². The Kier molecular flexibility index (Phi) is 9.29. The van der Waals surface area contributed by atoms with E-state index in [0.717, 1.165) is 30.1 Å². The number of nitrogens with zero attached hydrogens (tertiary/aromatic N) is 1. The number of fused-ring (bicyclic) bond motifs is 3. The number of hydrogen-bond acceptors (Lipinski definition) is 6. The summed E-state index contributed by atoms with van der Waals surface area (Å²) in [4.78, 5) is 39.1. The van der Waals surface area contributed by atoms with Crippen LogP contribution in [0.4, 0.5) is 5.69 Å². The van der Waals surface area contributed by atoms with Crippen LogP contribution >= 0.6 is 0 Å². The lowest BCUT2D eigenvalue weighted by Crippen LogP contribution is -2.48. The fourth-order valence-corrected chi connectivity index (χ4v) is 5.23. The lowest BCUT2D eigenvalue weighted by Gasteiger charge is -2.44. The Morgan fingerprint density at radius 2 is 1.61 bits per heavy atom. The van der Waals surface area contributed by atoms with Crippen LogP contribution in [0.5, 0.6) is 0 Å². The van der Waals surface area contributed by atoms with Crippen molar-refractivity contribution < 1.29 is 24.6 Å². The second-order valence-corrected chi connectivity index (χ2v) is 10.2. The van der Waals surface area contributed by atoms with E-state index in [9.17, 15) is 19.5 Å². The predicted molar refractivity (Wildman–Crippen MR) is 144 cm³/mol. The molecule has 2 amide bonds. The molecule has 0 aliphatic carbocycles. The van der Waals surface area contributed by atoms with Gasteiger partial charge in [0, 0.05) is 35.3 Å². The molecule has 8 nitrogen and oxygen atoms in total. The van der Waals surface area contributed by atoms with Crippen LogP contribution in [0.1, 0.15) is 54.1 Å². The molecule has 4 N–H and O–H groups in total. The maximum atomic E-state index is 12.5. The first kappa shape index (κ1) is 27.5. The molecular weight excluding hydrogens is 482 g/mol. The minimum atomic E-state index is -1.18. The fourth-order valence-electron chi connectivity index (χ4n) is 5.23. The SMILES string of the molecule is C[C@@H](O)[C@H](NC(=O)c1ccc(C#Cc2ccc(NC(=O)CC[C@H]3CN4CCC3CC4)cc2)cc1)C(=O)CO. The van der Waals surface area contributed by atoms with Gasteiger partial charge in [-0.3, -0.25) is 14.4 Å². The summed E-state index contributed by atoms with van der Waals surface area (Å²) >= 11 is 0. The van der Waals surface area contributed by atoms with E-state index in [2.05, 4.69) is 27.4 Å². The lowest BCUT2D eigenvalue weighted by atomic mass is 9.77. The Balaban J connectivity index is 1.26. The van der Waals surface area contributed by atoms with Crippen LogP contribution in [0.2, 0.25) is 0 Å². The van der Waals surface area contributed by atoms with E-state index in [1.165, 1.54) is 32.9 Å². The quantitative estimate of drug-likeness (QED) is 0.379. The lowest BCUT2D eigenvalue weighted by molar-refractivity contribution is -0.126. The number of anilines is 1. The van der Waals surface area contributed by atoms with Crippen LogP contribution in [-0.4, -0.2) is 71.1 Å². The van der Waals surface area contributed by atoms with Gasteiger partial charge < -0.3 is 25.7 Å². The average molecular weight is 518 g/mol. The van der Waals surface area contributed by atoms with Crippen molar-refractivity contribution in [3.63, 3.8) is 0 Å². The number of aliphatic hydroxyl groups excluding tert-OH is 2. The topological polar surface area (TPSA) is 119 Å². The second kappa shape index (κ2) is 12.8. The number of benzene rings is 2. The molecule has 3 atom stereocenters. The molecule has 2 aromatic rings. The van der Waals surface area contributed by atoms with Crippen molar-refractivity contribution in [2.24, 2.45) is 11.8 Å². The van der Waals surface area contributed by atoms with Crippen LogP contribution in [0.25, 0.3) is 0 Å². The van der Waals surface area contributed by atoms with Crippen molar-refractivity contribution in [1.29, 1.82) is 0 Å². The molecule has 3 heterocycles. The first-order chi connectivity index (χ1) is 18.3. The highest BCUT2D eigenvalue weighted by atomic mass is 16.3. The molecule has 3 saturated heterocycles. The highest BCUT2D eigenvalue weighted by Crippen LogP contribution is 2.34.